The summed E-state index contributed by atoms with van der Waals surface area (Å²) in [6.07, 6.45) is 4.77. The Bertz CT molecular complexity index is 745. The van der Waals surface area contributed by atoms with E-state index in [0.29, 0.717) is 19.0 Å². The second-order valence-electron chi connectivity index (χ2n) is 6.47. The maximum Gasteiger partial charge on any atom is 0.323 e. The summed E-state index contributed by atoms with van der Waals surface area (Å²) in [7, 11) is 1.69. The van der Waals surface area contributed by atoms with Gasteiger partial charge in [-0.25, -0.2) is 0 Å². The summed E-state index contributed by atoms with van der Waals surface area (Å²) in [5.41, 5.74) is 4.21. The number of anilines is 1. The van der Waals surface area contributed by atoms with Gasteiger partial charge >= 0.3 is 5.56 Å². The van der Waals surface area contributed by atoms with Crippen molar-refractivity contribution < 1.29 is 4.74 Å². The maximum atomic E-state index is 11.8. The van der Waals surface area contributed by atoms with Crippen molar-refractivity contribution in [1.82, 2.24) is 13.3 Å². The van der Waals surface area contributed by atoms with Crippen LogP contribution in [-0.2, 0) is 6.54 Å². The van der Waals surface area contributed by atoms with Crippen LogP contribution in [0.4, 0.5) is 5.82 Å². The van der Waals surface area contributed by atoms with Gasteiger partial charge in [0.25, 0.3) is 0 Å². The Morgan fingerprint density at radius 2 is 2.07 bits per heavy atom. The van der Waals surface area contributed by atoms with Crippen LogP contribution in [0.5, 0.6) is 5.75 Å². The average Bonchev–Trinajstić information content (AvgIpc) is 3.02. The zero-order valence-corrected chi connectivity index (χ0v) is 17.3. The highest BCUT2D eigenvalue weighted by Crippen LogP contribution is 2.17. The summed E-state index contributed by atoms with van der Waals surface area (Å²) in [5.74, 6) is 1.27. The fourth-order valence-corrected chi connectivity index (χ4v) is 3.70. The van der Waals surface area contributed by atoms with Gasteiger partial charge in [-0.05, 0) is 43.6 Å². The van der Waals surface area contributed by atoms with Crippen LogP contribution in [0.25, 0.3) is 0 Å². The van der Waals surface area contributed by atoms with Gasteiger partial charge in [-0.2, -0.15) is 8.44 Å². The van der Waals surface area contributed by atoms with Gasteiger partial charge < -0.3 is 15.5 Å². The molecule has 0 aliphatic carbocycles. The number of benzene rings is 1. The fraction of sp³-hybridized carbons (Fsp3) is 0.556. The first kappa shape index (κ1) is 21.5. The zero-order valence-electron chi connectivity index (χ0n) is 15.6. The Morgan fingerprint density at radius 1 is 1.26 bits per heavy atom. The topological polar surface area (TPSA) is 71.4 Å². The van der Waals surface area contributed by atoms with Crippen molar-refractivity contribution in [1.29, 1.82) is 0 Å². The number of ether oxygens (including phenoxy) is 1. The molecule has 2 N–H and O–H groups in total. The summed E-state index contributed by atoms with van der Waals surface area (Å²) >= 11 is 1.11. The Balaban J connectivity index is 0.00000261. The van der Waals surface area contributed by atoms with E-state index in [1.165, 1.54) is 42.0 Å². The first-order valence-electron chi connectivity index (χ1n) is 9.21. The highest BCUT2D eigenvalue weighted by Gasteiger charge is 2.10. The molecule has 0 radical (unpaired) electrons. The lowest BCUT2D eigenvalue weighted by Gasteiger charge is -2.26. The number of aromatic nitrogens is 2. The van der Waals surface area contributed by atoms with Crippen LogP contribution in [0.3, 0.4) is 0 Å². The molecule has 0 atom stereocenters. The first-order valence-corrected chi connectivity index (χ1v) is 9.94. The molecular weight excluding hydrogens is 386 g/mol. The number of piperidine rings is 1. The lowest BCUT2D eigenvalue weighted by Crippen LogP contribution is -2.29. The van der Waals surface area contributed by atoms with E-state index < -0.39 is 0 Å². The average molecular weight is 414 g/mol. The van der Waals surface area contributed by atoms with Crippen molar-refractivity contribution in [2.45, 2.75) is 32.2 Å². The third-order valence-corrected chi connectivity index (χ3v) is 5.16. The molecule has 0 spiro atoms. The molecule has 1 aliphatic rings. The Morgan fingerprint density at radius 3 is 2.81 bits per heavy atom. The molecule has 0 bridgehead atoms. The molecule has 150 valence electrons. The molecule has 3 rings (SSSR count). The van der Waals surface area contributed by atoms with Crippen LogP contribution >= 0.6 is 24.1 Å². The van der Waals surface area contributed by atoms with Gasteiger partial charge in [0.2, 0.25) is 5.82 Å². The minimum atomic E-state index is -0.149. The van der Waals surface area contributed by atoms with Gasteiger partial charge in [0.1, 0.15) is 5.75 Å². The smallest absolute Gasteiger partial charge is 0.323 e. The largest absolute Gasteiger partial charge is 0.494 e. The van der Waals surface area contributed by atoms with Crippen LogP contribution in [-0.4, -0.2) is 46.6 Å². The number of halogens is 1. The molecule has 2 aromatic rings. The lowest BCUT2D eigenvalue weighted by atomic mass is 10.1. The third kappa shape index (κ3) is 6.41. The number of hydrogen-bond donors (Lipinski definition) is 2. The summed E-state index contributed by atoms with van der Waals surface area (Å²) in [6, 6.07) is 8.36. The number of nitrogens with zero attached hydrogens (tertiary/aromatic N) is 3. The van der Waals surface area contributed by atoms with Crippen molar-refractivity contribution in [3.05, 3.63) is 40.2 Å². The quantitative estimate of drug-likeness (QED) is 0.616. The molecule has 2 heterocycles. The van der Waals surface area contributed by atoms with Crippen molar-refractivity contribution in [3.63, 3.8) is 0 Å². The molecule has 1 aliphatic heterocycles. The predicted octanol–water partition coefficient (Wildman–Crippen LogP) is 2.77. The van der Waals surface area contributed by atoms with E-state index in [9.17, 15) is 4.79 Å². The normalized spacial score (nSPS) is 14.4. The molecular formula is C18H28ClN5O2S. The van der Waals surface area contributed by atoms with E-state index in [4.69, 9.17) is 4.74 Å². The third-order valence-electron chi connectivity index (χ3n) is 4.44. The van der Waals surface area contributed by atoms with E-state index in [1.54, 1.807) is 7.05 Å². The number of nitrogens with one attached hydrogen (secondary N) is 2. The maximum absolute atomic E-state index is 11.8. The second-order valence-corrected chi connectivity index (χ2v) is 7.18. The van der Waals surface area contributed by atoms with E-state index in [-0.39, 0.29) is 18.0 Å². The van der Waals surface area contributed by atoms with Gasteiger partial charge in [-0.15, -0.1) is 12.4 Å². The molecule has 1 saturated heterocycles. The van der Waals surface area contributed by atoms with Crippen LogP contribution in [0.2, 0.25) is 0 Å². The Labute approximate surface area is 170 Å². The Hall–Kier alpha value is -1.77. The van der Waals surface area contributed by atoms with Crippen LogP contribution in [0, 0.1) is 0 Å². The minimum absolute atomic E-state index is 0. The van der Waals surface area contributed by atoms with Gasteiger partial charge in [0.15, 0.2) is 0 Å². The standard InChI is InChI=1S/C18H27N5O2S.ClH/c1-19-17-18(24)23(26-21-17)20-9-6-12-25-16-8-5-7-15(13-16)14-22-10-3-2-4-11-22;/h5,7-8,13,20H,2-4,6,9-12,14H2,1H3,(H,19,21);1H. The first-order chi connectivity index (χ1) is 12.8. The second kappa shape index (κ2) is 11.2. The molecule has 27 heavy (non-hydrogen) atoms. The summed E-state index contributed by atoms with van der Waals surface area (Å²) in [4.78, 5) is 14.3. The predicted molar refractivity (Wildman–Crippen MR) is 113 cm³/mol. The molecule has 1 fully saturated rings. The lowest BCUT2D eigenvalue weighted by molar-refractivity contribution is 0.220. The van der Waals surface area contributed by atoms with Crippen molar-refractivity contribution in [3.8, 4) is 5.75 Å². The van der Waals surface area contributed by atoms with Crippen LogP contribution < -0.4 is 21.0 Å². The van der Waals surface area contributed by atoms with Gasteiger partial charge in [0, 0.05) is 26.6 Å². The molecule has 1 aromatic heterocycles. The summed E-state index contributed by atoms with van der Waals surface area (Å²) in [6.45, 7) is 4.65. The highest BCUT2D eigenvalue weighted by atomic mass is 35.5. The van der Waals surface area contributed by atoms with Gasteiger partial charge in [-0.3, -0.25) is 9.69 Å². The van der Waals surface area contributed by atoms with Crippen molar-refractivity contribution in [2.75, 3.05) is 44.0 Å². The van der Waals surface area contributed by atoms with Crippen molar-refractivity contribution in [2.24, 2.45) is 0 Å². The van der Waals surface area contributed by atoms with E-state index in [0.717, 1.165) is 30.4 Å². The number of hydrogen-bond acceptors (Lipinski definition) is 7. The summed E-state index contributed by atoms with van der Waals surface area (Å²) in [5, 5.41) is 2.77. The monoisotopic (exact) mass is 413 g/mol. The molecule has 0 amide bonds. The molecule has 0 unspecified atom stereocenters. The number of rotatable bonds is 9. The van der Waals surface area contributed by atoms with Crippen molar-refractivity contribution >= 4 is 30.0 Å². The zero-order chi connectivity index (χ0) is 18.2. The Kier molecular flexibility index (Phi) is 8.90. The van der Waals surface area contributed by atoms with E-state index >= 15 is 0 Å². The van der Waals surface area contributed by atoms with E-state index in [1.807, 2.05) is 6.07 Å². The molecule has 1 aromatic carbocycles. The summed E-state index contributed by atoms with van der Waals surface area (Å²) < 4.78 is 11.3. The van der Waals surface area contributed by atoms with Gasteiger partial charge in [0.05, 0.1) is 18.3 Å². The minimum Gasteiger partial charge on any atom is -0.494 e. The molecule has 9 heteroatoms. The fourth-order valence-electron chi connectivity index (χ4n) is 3.06. The van der Waals surface area contributed by atoms with Gasteiger partial charge in [-0.1, -0.05) is 18.6 Å². The number of likely N-dealkylation sites (tertiary alicyclic amines) is 1. The molecule has 7 nitrogen and oxygen atoms in total. The van der Waals surface area contributed by atoms with Crippen LogP contribution in [0.1, 0.15) is 31.2 Å². The SMILES string of the molecule is CNc1nsn(NCCCOc2cccc(CN3CCCCC3)c2)c1=O.Cl. The molecule has 0 saturated carbocycles. The highest BCUT2D eigenvalue weighted by molar-refractivity contribution is 7.00. The van der Waals surface area contributed by atoms with E-state index in [2.05, 4.69) is 38.2 Å². The van der Waals surface area contributed by atoms with Crippen LogP contribution in [0.15, 0.2) is 29.1 Å².